The number of ether oxygens (including phenoxy) is 2. The predicted molar refractivity (Wildman–Crippen MR) is 106 cm³/mol. The molecule has 0 aliphatic carbocycles. The van der Waals surface area contributed by atoms with Gasteiger partial charge in [-0.2, -0.15) is 0 Å². The minimum Gasteiger partial charge on any atom is -0.493 e. The van der Waals surface area contributed by atoms with E-state index in [2.05, 4.69) is 27.8 Å². The molecule has 5 nitrogen and oxygen atoms in total. The van der Waals surface area contributed by atoms with Gasteiger partial charge < -0.3 is 20.1 Å². The fourth-order valence-corrected chi connectivity index (χ4v) is 2.96. The summed E-state index contributed by atoms with van der Waals surface area (Å²) in [4.78, 5) is 5.88. The molecule has 0 heterocycles. The average molecular weight is 359 g/mol. The van der Waals surface area contributed by atoms with Crippen molar-refractivity contribution in [2.24, 2.45) is 4.99 Å². The maximum absolute atomic E-state index is 5.34. The molecule has 0 radical (unpaired) electrons. The minimum atomic E-state index is 0.683. The number of methoxy groups -OCH3 is 2. The van der Waals surface area contributed by atoms with Crippen molar-refractivity contribution in [2.45, 2.75) is 11.8 Å². The average Bonchev–Trinajstić information content (AvgIpc) is 2.66. The van der Waals surface area contributed by atoms with Crippen LogP contribution in [0.4, 0.5) is 5.69 Å². The minimum absolute atomic E-state index is 0.683. The summed E-state index contributed by atoms with van der Waals surface area (Å²) < 4.78 is 10.6. The van der Waals surface area contributed by atoms with Crippen LogP contribution >= 0.6 is 11.8 Å². The van der Waals surface area contributed by atoms with Crippen LogP contribution in [0, 0.1) is 0 Å². The van der Waals surface area contributed by atoms with Gasteiger partial charge in [-0.3, -0.25) is 4.99 Å². The Morgan fingerprint density at radius 3 is 2.48 bits per heavy atom. The van der Waals surface area contributed by atoms with Crippen molar-refractivity contribution < 1.29 is 9.47 Å². The number of anilines is 1. The summed E-state index contributed by atoms with van der Waals surface area (Å²) in [6.07, 6.45) is 0. The second kappa shape index (κ2) is 10.5. The number of rotatable bonds is 8. The van der Waals surface area contributed by atoms with E-state index in [1.165, 1.54) is 4.90 Å². The lowest BCUT2D eigenvalue weighted by Crippen LogP contribution is -2.30. The van der Waals surface area contributed by atoms with E-state index >= 15 is 0 Å². The first kappa shape index (κ1) is 19.0. The van der Waals surface area contributed by atoms with Gasteiger partial charge in [0.25, 0.3) is 0 Å². The van der Waals surface area contributed by atoms with Crippen molar-refractivity contribution in [3.05, 3.63) is 48.5 Å². The summed E-state index contributed by atoms with van der Waals surface area (Å²) in [6.45, 7) is 3.57. The number of hydrogen-bond acceptors (Lipinski definition) is 4. The van der Waals surface area contributed by atoms with Crippen molar-refractivity contribution in [1.29, 1.82) is 0 Å². The molecule has 0 atom stereocenters. The lowest BCUT2D eigenvalue weighted by molar-refractivity contribution is 0.355. The van der Waals surface area contributed by atoms with E-state index in [1.54, 1.807) is 26.0 Å². The topological polar surface area (TPSA) is 54.9 Å². The molecular formula is C19H25N3O2S. The van der Waals surface area contributed by atoms with Crippen LogP contribution in [0.3, 0.4) is 0 Å². The molecule has 0 aromatic heterocycles. The van der Waals surface area contributed by atoms with E-state index in [0.717, 1.165) is 30.5 Å². The van der Waals surface area contributed by atoms with E-state index in [-0.39, 0.29) is 0 Å². The Morgan fingerprint density at radius 2 is 1.80 bits per heavy atom. The molecule has 0 amide bonds. The van der Waals surface area contributed by atoms with E-state index in [9.17, 15) is 0 Å². The van der Waals surface area contributed by atoms with Crippen LogP contribution in [-0.2, 0) is 0 Å². The molecule has 0 saturated heterocycles. The monoisotopic (exact) mass is 359 g/mol. The Hall–Kier alpha value is -2.34. The molecule has 6 heteroatoms. The Balaban J connectivity index is 1.95. The lowest BCUT2D eigenvalue weighted by Gasteiger charge is -2.13. The number of nitrogens with zero attached hydrogens (tertiary/aromatic N) is 1. The number of hydrogen-bond donors (Lipinski definition) is 2. The van der Waals surface area contributed by atoms with Gasteiger partial charge in [-0.1, -0.05) is 18.2 Å². The first-order valence-corrected chi connectivity index (χ1v) is 9.20. The molecule has 134 valence electrons. The number of thioether (sulfide) groups is 1. The third-order valence-corrected chi connectivity index (χ3v) is 4.36. The molecular weight excluding hydrogens is 334 g/mol. The largest absolute Gasteiger partial charge is 0.493 e. The zero-order valence-corrected chi connectivity index (χ0v) is 15.7. The molecule has 2 aromatic rings. The lowest BCUT2D eigenvalue weighted by atomic mass is 10.3. The first-order valence-electron chi connectivity index (χ1n) is 8.22. The highest BCUT2D eigenvalue weighted by molar-refractivity contribution is 7.99. The third kappa shape index (κ3) is 6.23. The van der Waals surface area contributed by atoms with Crippen LogP contribution in [0.5, 0.6) is 11.5 Å². The normalized spacial score (nSPS) is 11.1. The van der Waals surface area contributed by atoms with Crippen molar-refractivity contribution >= 4 is 23.4 Å². The smallest absolute Gasteiger partial charge is 0.195 e. The van der Waals surface area contributed by atoms with E-state index in [4.69, 9.17) is 9.47 Å². The highest BCUT2D eigenvalue weighted by Crippen LogP contribution is 2.29. The van der Waals surface area contributed by atoms with Gasteiger partial charge in [0, 0.05) is 28.9 Å². The molecule has 0 aliphatic heterocycles. The molecule has 0 fully saturated rings. The van der Waals surface area contributed by atoms with Crippen molar-refractivity contribution in [3.63, 3.8) is 0 Å². The summed E-state index contributed by atoms with van der Waals surface area (Å²) in [5.74, 6) is 3.06. The molecule has 0 saturated carbocycles. The number of guanidine groups is 1. The van der Waals surface area contributed by atoms with Crippen LogP contribution in [0.2, 0.25) is 0 Å². The Morgan fingerprint density at radius 1 is 1.04 bits per heavy atom. The fraction of sp³-hybridized carbons (Fsp3) is 0.316. The zero-order chi connectivity index (χ0) is 17.9. The number of nitrogens with one attached hydrogen (secondary N) is 2. The van der Waals surface area contributed by atoms with Crippen LogP contribution in [0.1, 0.15) is 6.92 Å². The Kier molecular flexibility index (Phi) is 7.98. The predicted octanol–water partition coefficient (Wildman–Crippen LogP) is 3.87. The third-order valence-electron chi connectivity index (χ3n) is 3.36. The molecule has 0 aliphatic rings. The quantitative estimate of drug-likeness (QED) is 0.324. The van der Waals surface area contributed by atoms with Crippen molar-refractivity contribution in [2.75, 3.05) is 38.4 Å². The number of benzene rings is 2. The maximum Gasteiger partial charge on any atom is 0.195 e. The summed E-state index contributed by atoms with van der Waals surface area (Å²) >= 11 is 1.80. The molecule has 25 heavy (non-hydrogen) atoms. The van der Waals surface area contributed by atoms with Crippen molar-refractivity contribution in [1.82, 2.24) is 5.32 Å². The SMILES string of the molecule is CCNC(=NCCSc1ccccc1)Nc1ccc(OC)c(OC)c1. The Labute approximate surface area is 153 Å². The highest BCUT2D eigenvalue weighted by Gasteiger charge is 2.06. The molecule has 2 N–H and O–H groups in total. The highest BCUT2D eigenvalue weighted by atomic mass is 32.2. The van der Waals surface area contributed by atoms with E-state index in [0.29, 0.717) is 11.5 Å². The van der Waals surface area contributed by atoms with Gasteiger partial charge in [0.15, 0.2) is 17.5 Å². The molecule has 0 spiro atoms. The molecule has 2 rings (SSSR count). The summed E-state index contributed by atoms with van der Waals surface area (Å²) in [7, 11) is 3.25. The summed E-state index contributed by atoms with van der Waals surface area (Å²) in [6, 6.07) is 16.1. The van der Waals surface area contributed by atoms with Gasteiger partial charge in [-0.15, -0.1) is 11.8 Å². The Bertz CT molecular complexity index is 678. The van der Waals surface area contributed by atoms with Gasteiger partial charge >= 0.3 is 0 Å². The fourth-order valence-electron chi connectivity index (χ4n) is 2.20. The van der Waals surface area contributed by atoms with Gasteiger partial charge in [0.05, 0.1) is 20.8 Å². The van der Waals surface area contributed by atoms with Crippen molar-refractivity contribution in [3.8, 4) is 11.5 Å². The second-order valence-corrected chi connectivity index (χ2v) is 6.29. The van der Waals surface area contributed by atoms with E-state index < -0.39 is 0 Å². The van der Waals surface area contributed by atoms with Crippen LogP contribution in [0.25, 0.3) is 0 Å². The summed E-state index contributed by atoms with van der Waals surface area (Å²) in [5, 5.41) is 6.55. The van der Waals surface area contributed by atoms with Gasteiger partial charge in [0.2, 0.25) is 0 Å². The first-order chi connectivity index (χ1) is 12.3. The van der Waals surface area contributed by atoms with Crippen LogP contribution in [-0.4, -0.2) is 39.0 Å². The molecule has 0 bridgehead atoms. The standard InChI is InChI=1S/C19H25N3O2S/c1-4-20-19(21-12-13-25-16-8-6-5-7-9-16)22-15-10-11-17(23-2)18(14-15)24-3/h5-11,14H,4,12-13H2,1-3H3,(H2,20,21,22). The van der Waals surface area contributed by atoms with E-state index in [1.807, 2.05) is 43.3 Å². The maximum atomic E-state index is 5.34. The summed E-state index contributed by atoms with van der Waals surface area (Å²) in [5.41, 5.74) is 0.896. The van der Waals surface area contributed by atoms with Gasteiger partial charge in [0.1, 0.15) is 0 Å². The molecule has 2 aromatic carbocycles. The van der Waals surface area contributed by atoms with Gasteiger partial charge in [-0.25, -0.2) is 0 Å². The zero-order valence-electron chi connectivity index (χ0n) is 14.9. The van der Waals surface area contributed by atoms with Crippen LogP contribution in [0.15, 0.2) is 58.4 Å². The second-order valence-electron chi connectivity index (χ2n) is 5.12. The molecule has 0 unspecified atom stereocenters. The van der Waals surface area contributed by atoms with Crippen LogP contribution < -0.4 is 20.1 Å². The number of aliphatic imine (C=N–C) groups is 1. The van der Waals surface area contributed by atoms with Gasteiger partial charge in [-0.05, 0) is 31.2 Å².